The number of nitrogens with two attached hydrogens (primary N) is 5. The maximum absolute atomic E-state index is 13.6. The molecular formula is C30H49N11O8. The van der Waals surface area contributed by atoms with Crippen LogP contribution in [-0.4, -0.2) is 118 Å². The number of aromatic hydroxyl groups is 1. The summed E-state index contributed by atoms with van der Waals surface area (Å²) in [6, 6.07) is -0.356. The van der Waals surface area contributed by atoms with Crippen molar-refractivity contribution in [2.45, 2.75) is 88.2 Å². The Bertz CT molecular complexity index is 1350. The van der Waals surface area contributed by atoms with Crippen LogP contribution in [-0.2, 0) is 30.4 Å². The van der Waals surface area contributed by atoms with E-state index >= 15 is 0 Å². The number of aliphatic imine (C=N–C) groups is 2. The molecule has 0 spiro atoms. The third kappa shape index (κ3) is 13.5. The fraction of sp³-hybridized carbons (Fsp3) is 0.567. The summed E-state index contributed by atoms with van der Waals surface area (Å²) in [5, 5.41) is 37.5. The van der Waals surface area contributed by atoms with Gasteiger partial charge in [-0.25, -0.2) is 4.79 Å². The van der Waals surface area contributed by atoms with E-state index in [-0.39, 0.29) is 69.4 Å². The van der Waals surface area contributed by atoms with Crippen LogP contribution in [0.2, 0.25) is 0 Å². The maximum Gasteiger partial charge on any atom is 0.326 e. The second kappa shape index (κ2) is 19.6. The van der Waals surface area contributed by atoms with Crippen LogP contribution in [0, 0.1) is 0 Å². The van der Waals surface area contributed by atoms with Gasteiger partial charge in [-0.15, -0.1) is 0 Å². The van der Waals surface area contributed by atoms with Gasteiger partial charge in [0.25, 0.3) is 0 Å². The van der Waals surface area contributed by atoms with Gasteiger partial charge >= 0.3 is 5.97 Å². The third-order valence-corrected chi connectivity index (χ3v) is 7.76. The molecule has 19 heteroatoms. The molecule has 49 heavy (non-hydrogen) atoms. The molecule has 1 saturated heterocycles. The predicted octanol–water partition coefficient (Wildman–Crippen LogP) is -3.72. The largest absolute Gasteiger partial charge is 0.508 e. The number of carbonyl (C=O) groups is 5. The minimum atomic E-state index is -1.60. The molecule has 272 valence electrons. The summed E-state index contributed by atoms with van der Waals surface area (Å²) in [6.07, 6.45) is -0.0232. The average molecular weight is 692 g/mol. The average Bonchev–Trinajstić information content (AvgIpc) is 3.53. The van der Waals surface area contributed by atoms with Gasteiger partial charge in [0.1, 0.15) is 29.9 Å². The summed E-state index contributed by atoms with van der Waals surface area (Å²) in [6.45, 7) is 1.77. The van der Waals surface area contributed by atoms with E-state index in [1.54, 1.807) is 0 Å². The zero-order chi connectivity index (χ0) is 36.7. The molecule has 1 aliphatic heterocycles. The molecular weight excluding hydrogens is 642 g/mol. The van der Waals surface area contributed by atoms with E-state index in [9.17, 15) is 39.3 Å². The van der Waals surface area contributed by atoms with Crippen LogP contribution in [0.25, 0.3) is 0 Å². The molecule has 1 fully saturated rings. The van der Waals surface area contributed by atoms with Crippen molar-refractivity contribution in [1.29, 1.82) is 0 Å². The molecule has 0 aromatic heterocycles. The number of hydrogen-bond donors (Lipinski definition) is 11. The second-order valence-corrected chi connectivity index (χ2v) is 11.8. The first-order valence-electron chi connectivity index (χ1n) is 15.9. The number of hydrogen-bond acceptors (Lipinski definition) is 10. The summed E-state index contributed by atoms with van der Waals surface area (Å²) in [5.41, 5.74) is 27.9. The highest BCUT2D eigenvalue weighted by Crippen LogP contribution is 2.20. The van der Waals surface area contributed by atoms with Crippen LogP contribution in [0.1, 0.15) is 51.0 Å². The van der Waals surface area contributed by atoms with Gasteiger partial charge in [-0.2, -0.15) is 0 Å². The van der Waals surface area contributed by atoms with E-state index in [1.807, 2.05) is 0 Å². The van der Waals surface area contributed by atoms with Gasteiger partial charge in [0.15, 0.2) is 11.9 Å². The first-order chi connectivity index (χ1) is 23.1. The fourth-order valence-electron chi connectivity index (χ4n) is 5.18. The van der Waals surface area contributed by atoms with Crippen molar-refractivity contribution < 1.29 is 39.3 Å². The molecule has 1 aromatic rings. The number of nitrogens with one attached hydrogen (secondary N) is 3. The number of carbonyl (C=O) groups excluding carboxylic acids is 4. The highest BCUT2D eigenvalue weighted by atomic mass is 16.4. The monoisotopic (exact) mass is 691 g/mol. The number of carboxylic acid groups (broad SMARTS) is 1. The topological polar surface area (TPSA) is 340 Å². The van der Waals surface area contributed by atoms with Gasteiger partial charge in [0.05, 0.1) is 12.1 Å². The zero-order valence-corrected chi connectivity index (χ0v) is 27.5. The smallest absolute Gasteiger partial charge is 0.326 e. The number of nitrogens with zero attached hydrogens (tertiary/aromatic N) is 3. The van der Waals surface area contributed by atoms with Crippen LogP contribution in [0.3, 0.4) is 0 Å². The maximum atomic E-state index is 13.6. The molecule has 6 atom stereocenters. The standard InChI is InChI=1S/C30H49N11O8/c1-16(42)23(40-25(45)20(6-3-13-37-30(34)35)38-24(44)19(31)5-2-12-36-29(32)33)26(46)39-21(15-17-8-10-18(43)11-9-17)27(47)41-14-4-7-22(41)28(48)49/h8-11,16,19-23,42-43H,2-7,12-15,31H2,1H3,(H,38,44)(H,39,46)(H,40,45)(H,48,49)(H4,32,33,36)(H4,34,35,37)/t16-,19+,20+,21+,22+,23+/m1/s1. The number of aliphatic hydroxyl groups excluding tert-OH is 1. The molecule has 1 heterocycles. The molecule has 0 aliphatic carbocycles. The highest BCUT2D eigenvalue weighted by Gasteiger charge is 2.39. The van der Waals surface area contributed by atoms with Crippen molar-refractivity contribution >= 4 is 41.5 Å². The molecule has 19 nitrogen and oxygen atoms in total. The number of guanidine groups is 2. The van der Waals surface area contributed by atoms with Crippen LogP contribution in [0.4, 0.5) is 0 Å². The number of phenolic OH excluding ortho intramolecular Hbond substituents is 1. The van der Waals surface area contributed by atoms with Gasteiger partial charge in [0.2, 0.25) is 23.6 Å². The summed E-state index contributed by atoms with van der Waals surface area (Å²) in [5.74, 6) is -4.58. The molecule has 0 bridgehead atoms. The Morgan fingerprint density at radius 3 is 2.00 bits per heavy atom. The van der Waals surface area contributed by atoms with Crippen molar-refractivity contribution in [3.8, 4) is 5.75 Å². The summed E-state index contributed by atoms with van der Waals surface area (Å²) in [4.78, 5) is 74.3. The Kier molecular flexibility index (Phi) is 16.0. The molecule has 1 aromatic carbocycles. The van der Waals surface area contributed by atoms with E-state index in [1.165, 1.54) is 36.1 Å². The van der Waals surface area contributed by atoms with E-state index in [2.05, 4.69) is 25.9 Å². The minimum Gasteiger partial charge on any atom is -0.508 e. The Balaban J connectivity index is 2.25. The number of carboxylic acids is 1. The SMILES string of the molecule is C[C@@H](O)[C@H](NC(=O)[C@H](CCCN=C(N)N)NC(=O)[C@@H](N)CCCN=C(N)N)C(=O)N[C@@H](Cc1ccc(O)cc1)C(=O)N1CCC[C@H]1C(=O)O. The summed E-state index contributed by atoms with van der Waals surface area (Å²) < 4.78 is 0. The van der Waals surface area contributed by atoms with Crippen molar-refractivity contribution in [3.63, 3.8) is 0 Å². The first-order valence-corrected chi connectivity index (χ1v) is 15.9. The van der Waals surface area contributed by atoms with Gasteiger partial charge in [-0.1, -0.05) is 12.1 Å². The lowest BCUT2D eigenvalue weighted by molar-refractivity contribution is -0.149. The molecule has 4 amide bonds. The van der Waals surface area contributed by atoms with Gasteiger partial charge in [0, 0.05) is 26.1 Å². The Morgan fingerprint density at radius 2 is 1.45 bits per heavy atom. The fourth-order valence-corrected chi connectivity index (χ4v) is 5.18. The van der Waals surface area contributed by atoms with E-state index < -0.39 is 65.9 Å². The van der Waals surface area contributed by atoms with E-state index in [4.69, 9.17) is 28.7 Å². The molecule has 2 rings (SSSR count). The zero-order valence-electron chi connectivity index (χ0n) is 27.5. The molecule has 0 radical (unpaired) electrons. The first kappa shape index (κ1) is 40.0. The number of amides is 4. The second-order valence-electron chi connectivity index (χ2n) is 11.8. The number of aliphatic hydroxyl groups is 1. The highest BCUT2D eigenvalue weighted by molar-refractivity contribution is 5.96. The van der Waals surface area contributed by atoms with Crippen molar-refractivity contribution in [2.24, 2.45) is 38.7 Å². The Morgan fingerprint density at radius 1 is 0.878 bits per heavy atom. The summed E-state index contributed by atoms with van der Waals surface area (Å²) in [7, 11) is 0. The number of benzene rings is 1. The quantitative estimate of drug-likeness (QED) is 0.0378. The van der Waals surface area contributed by atoms with Crippen molar-refractivity contribution in [1.82, 2.24) is 20.9 Å². The molecule has 16 N–H and O–H groups in total. The van der Waals surface area contributed by atoms with E-state index in [0.29, 0.717) is 18.4 Å². The lowest BCUT2D eigenvalue weighted by Crippen LogP contribution is -2.61. The lowest BCUT2D eigenvalue weighted by Gasteiger charge is -2.30. The minimum absolute atomic E-state index is 0.0233. The van der Waals surface area contributed by atoms with Crippen molar-refractivity contribution in [3.05, 3.63) is 29.8 Å². The Hall–Kier alpha value is -5.17. The Labute approximate surface area is 283 Å². The van der Waals surface area contributed by atoms with Crippen LogP contribution in [0.5, 0.6) is 5.75 Å². The molecule has 1 aliphatic rings. The normalized spacial score (nSPS) is 17.0. The summed E-state index contributed by atoms with van der Waals surface area (Å²) >= 11 is 0. The van der Waals surface area contributed by atoms with Crippen LogP contribution in [0.15, 0.2) is 34.3 Å². The van der Waals surface area contributed by atoms with Gasteiger partial charge in [-0.05, 0) is 63.1 Å². The predicted molar refractivity (Wildman–Crippen MR) is 179 cm³/mol. The molecule has 0 saturated carbocycles. The van der Waals surface area contributed by atoms with Gasteiger partial charge in [-0.3, -0.25) is 29.2 Å². The van der Waals surface area contributed by atoms with E-state index in [0.717, 1.165) is 0 Å². The number of likely N-dealkylation sites (tertiary alicyclic amines) is 1. The van der Waals surface area contributed by atoms with Crippen LogP contribution >= 0.6 is 0 Å². The van der Waals surface area contributed by atoms with Crippen molar-refractivity contribution in [2.75, 3.05) is 19.6 Å². The number of rotatable bonds is 19. The molecule has 0 unspecified atom stereocenters. The van der Waals surface area contributed by atoms with Gasteiger partial charge < -0.3 is 64.8 Å². The number of phenols is 1. The lowest BCUT2D eigenvalue weighted by atomic mass is 10.0. The number of aliphatic carboxylic acids is 1. The van der Waals surface area contributed by atoms with Crippen LogP contribution < -0.4 is 44.6 Å². The third-order valence-electron chi connectivity index (χ3n) is 7.76.